The molecule has 3 N–H and O–H groups in total. The first-order valence-electron chi connectivity index (χ1n) is 5.95. The van der Waals surface area contributed by atoms with Gasteiger partial charge in [0, 0.05) is 19.7 Å². The van der Waals surface area contributed by atoms with Gasteiger partial charge in [-0.2, -0.15) is 0 Å². The molecule has 2 unspecified atom stereocenters. The van der Waals surface area contributed by atoms with Crippen LogP contribution in [-0.4, -0.2) is 44.4 Å². The van der Waals surface area contributed by atoms with Gasteiger partial charge in [0.1, 0.15) is 6.10 Å². The predicted octanol–water partition coefficient (Wildman–Crippen LogP) is 0.0355. The minimum Gasteiger partial charge on any atom is -0.376 e. The molecule has 2 atom stereocenters. The molecule has 1 rings (SSSR count). The lowest BCUT2D eigenvalue weighted by molar-refractivity contribution is -0.135. The highest BCUT2D eigenvalue weighted by Crippen LogP contribution is 2.13. The topological polar surface area (TPSA) is 73.6 Å². The molecule has 1 saturated heterocycles. The first-order chi connectivity index (χ1) is 7.74. The zero-order valence-electron chi connectivity index (χ0n) is 9.91. The lowest BCUT2D eigenvalue weighted by Gasteiger charge is -2.23. The van der Waals surface area contributed by atoms with Crippen molar-refractivity contribution in [1.29, 1.82) is 0 Å². The van der Waals surface area contributed by atoms with E-state index in [9.17, 15) is 4.79 Å². The molecule has 5 heteroatoms. The van der Waals surface area contributed by atoms with Crippen molar-refractivity contribution in [2.24, 2.45) is 5.73 Å². The minimum absolute atomic E-state index is 0.110. The molecule has 1 aliphatic heterocycles. The molecule has 1 heterocycles. The summed E-state index contributed by atoms with van der Waals surface area (Å²) < 4.78 is 11.0. The first kappa shape index (κ1) is 13.4. The van der Waals surface area contributed by atoms with E-state index in [1.54, 1.807) is 6.92 Å². The van der Waals surface area contributed by atoms with Gasteiger partial charge in [-0.25, -0.2) is 0 Å². The van der Waals surface area contributed by atoms with Gasteiger partial charge in [0.25, 0.3) is 0 Å². The summed E-state index contributed by atoms with van der Waals surface area (Å²) in [5.41, 5.74) is 5.29. The van der Waals surface area contributed by atoms with Gasteiger partial charge in [0.15, 0.2) is 0 Å². The third-order valence-corrected chi connectivity index (χ3v) is 2.62. The van der Waals surface area contributed by atoms with Crippen LogP contribution in [0.4, 0.5) is 0 Å². The lowest BCUT2D eigenvalue weighted by atomic mass is 10.1. The normalized spacial score (nSPS) is 22.8. The average Bonchev–Trinajstić information content (AvgIpc) is 2.34. The highest BCUT2D eigenvalue weighted by molar-refractivity contribution is 5.80. The standard InChI is InChI=1S/C11H22N2O3/c1-9(11(14)13-6-5-12)16-8-10-4-2-3-7-15-10/h9-10H,2-8,12H2,1H3,(H,13,14). The minimum atomic E-state index is -0.433. The SMILES string of the molecule is CC(OCC1CCCCO1)C(=O)NCCN. The van der Waals surface area contributed by atoms with Gasteiger partial charge < -0.3 is 20.5 Å². The van der Waals surface area contributed by atoms with Crippen molar-refractivity contribution in [1.82, 2.24) is 5.32 Å². The van der Waals surface area contributed by atoms with Gasteiger partial charge in [-0.15, -0.1) is 0 Å². The van der Waals surface area contributed by atoms with Gasteiger partial charge in [-0.1, -0.05) is 0 Å². The van der Waals surface area contributed by atoms with Crippen LogP contribution in [0.5, 0.6) is 0 Å². The van der Waals surface area contributed by atoms with Crippen molar-refractivity contribution in [2.45, 2.75) is 38.4 Å². The monoisotopic (exact) mass is 230 g/mol. The van der Waals surface area contributed by atoms with Crippen LogP contribution in [-0.2, 0) is 14.3 Å². The Morgan fingerprint density at radius 2 is 2.44 bits per heavy atom. The summed E-state index contributed by atoms with van der Waals surface area (Å²) in [5, 5.41) is 2.69. The van der Waals surface area contributed by atoms with E-state index in [-0.39, 0.29) is 12.0 Å². The summed E-state index contributed by atoms with van der Waals surface area (Å²) in [4.78, 5) is 11.4. The molecule has 0 bridgehead atoms. The van der Waals surface area contributed by atoms with Crippen molar-refractivity contribution < 1.29 is 14.3 Å². The maximum Gasteiger partial charge on any atom is 0.248 e. The van der Waals surface area contributed by atoms with Crippen LogP contribution in [0.25, 0.3) is 0 Å². The Labute approximate surface area is 96.7 Å². The Morgan fingerprint density at radius 3 is 3.06 bits per heavy atom. The molecule has 0 spiro atoms. The highest BCUT2D eigenvalue weighted by Gasteiger charge is 2.18. The fourth-order valence-corrected chi connectivity index (χ4v) is 1.61. The van der Waals surface area contributed by atoms with Gasteiger partial charge in [-0.3, -0.25) is 4.79 Å². The summed E-state index contributed by atoms with van der Waals surface area (Å²) in [7, 11) is 0. The second kappa shape index (κ2) is 7.60. The van der Waals surface area contributed by atoms with E-state index in [2.05, 4.69) is 5.32 Å². The summed E-state index contributed by atoms with van der Waals surface area (Å²) in [5.74, 6) is -0.110. The smallest absolute Gasteiger partial charge is 0.248 e. The number of hydrogen-bond donors (Lipinski definition) is 2. The molecule has 5 nitrogen and oxygen atoms in total. The second-order valence-electron chi connectivity index (χ2n) is 4.04. The van der Waals surface area contributed by atoms with E-state index in [4.69, 9.17) is 15.2 Å². The molecule has 0 aliphatic carbocycles. The number of amides is 1. The average molecular weight is 230 g/mol. The maximum atomic E-state index is 11.4. The van der Waals surface area contributed by atoms with Crippen molar-refractivity contribution in [3.8, 4) is 0 Å². The van der Waals surface area contributed by atoms with Crippen LogP contribution in [0.15, 0.2) is 0 Å². The quantitative estimate of drug-likeness (QED) is 0.675. The Bertz CT molecular complexity index is 205. The van der Waals surface area contributed by atoms with E-state index in [0.29, 0.717) is 19.7 Å². The van der Waals surface area contributed by atoms with Crippen LogP contribution >= 0.6 is 0 Å². The largest absolute Gasteiger partial charge is 0.376 e. The Morgan fingerprint density at radius 1 is 1.62 bits per heavy atom. The summed E-state index contributed by atoms with van der Waals surface area (Å²) in [6.07, 6.45) is 3.05. The Hall–Kier alpha value is -0.650. The molecule has 94 valence electrons. The molecule has 16 heavy (non-hydrogen) atoms. The van der Waals surface area contributed by atoms with Gasteiger partial charge in [0.2, 0.25) is 5.91 Å². The van der Waals surface area contributed by atoms with E-state index in [1.807, 2.05) is 0 Å². The number of nitrogens with one attached hydrogen (secondary N) is 1. The summed E-state index contributed by atoms with van der Waals surface area (Å²) in [6.45, 7) is 3.99. The molecule has 1 fully saturated rings. The Balaban J connectivity index is 2.12. The number of rotatable bonds is 6. The maximum absolute atomic E-state index is 11.4. The number of ether oxygens (including phenoxy) is 2. The van der Waals surface area contributed by atoms with E-state index >= 15 is 0 Å². The molecule has 0 aromatic heterocycles. The van der Waals surface area contributed by atoms with Crippen molar-refractivity contribution in [2.75, 3.05) is 26.3 Å². The van der Waals surface area contributed by atoms with Crippen LogP contribution in [0.3, 0.4) is 0 Å². The van der Waals surface area contributed by atoms with Gasteiger partial charge >= 0.3 is 0 Å². The Kier molecular flexibility index (Phi) is 6.37. The molecule has 0 saturated carbocycles. The van der Waals surface area contributed by atoms with Crippen molar-refractivity contribution in [3.63, 3.8) is 0 Å². The number of carbonyl (C=O) groups excluding carboxylic acids is 1. The highest BCUT2D eigenvalue weighted by atomic mass is 16.5. The molecule has 1 aliphatic rings. The second-order valence-corrected chi connectivity index (χ2v) is 4.04. The van der Waals surface area contributed by atoms with Crippen LogP contribution in [0.2, 0.25) is 0 Å². The summed E-state index contributed by atoms with van der Waals surface area (Å²) >= 11 is 0. The third kappa shape index (κ3) is 4.92. The number of hydrogen-bond acceptors (Lipinski definition) is 4. The molecular weight excluding hydrogens is 208 g/mol. The fraction of sp³-hybridized carbons (Fsp3) is 0.909. The zero-order chi connectivity index (χ0) is 11.8. The van der Waals surface area contributed by atoms with E-state index in [0.717, 1.165) is 19.4 Å². The van der Waals surface area contributed by atoms with Crippen LogP contribution < -0.4 is 11.1 Å². The molecular formula is C11H22N2O3. The van der Waals surface area contributed by atoms with Gasteiger partial charge in [-0.05, 0) is 26.2 Å². The number of nitrogens with two attached hydrogens (primary N) is 1. The third-order valence-electron chi connectivity index (χ3n) is 2.62. The molecule has 0 aromatic carbocycles. The summed E-state index contributed by atoms with van der Waals surface area (Å²) in [6, 6.07) is 0. The van der Waals surface area contributed by atoms with Crippen molar-refractivity contribution in [3.05, 3.63) is 0 Å². The molecule has 0 radical (unpaired) electrons. The number of carbonyl (C=O) groups is 1. The first-order valence-corrected chi connectivity index (χ1v) is 5.95. The van der Waals surface area contributed by atoms with E-state index in [1.165, 1.54) is 6.42 Å². The lowest BCUT2D eigenvalue weighted by Crippen LogP contribution is -2.39. The van der Waals surface area contributed by atoms with Gasteiger partial charge in [0.05, 0.1) is 12.7 Å². The van der Waals surface area contributed by atoms with Crippen LogP contribution in [0.1, 0.15) is 26.2 Å². The fourth-order valence-electron chi connectivity index (χ4n) is 1.61. The zero-order valence-corrected chi connectivity index (χ0v) is 9.91. The molecule has 1 amide bonds. The predicted molar refractivity (Wildman–Crippen MR) is 61.1 cm³/mol. The van der Waals surface area contributed by atoms with Crippen molar-refractivity contribution >= 4 is 5.91 Å². The van der Waals surface area contributed by atoms with E-state index < -0.39 is 6.10 Å². The van der Waals surface area contributed by atoms with Crippen LogP contribution in [0, 0.1) is 0 Å². The molecule has 0 aromatic rings.